The third kappa shape index (κ3) is 2.89. The number of hydrogen-bond acceptors (Lipinski definition) is 2. The SMILES string of the molecule is CN[C@H](COc1cc(C)ccc1Cl)C1CC1. The smallest absolute Gasteiger partial charge is 0.138 e. The van der Waals surface area contributed by atoms with E-state index < -0.39 is 0 Å². The molecule has 0 spiro atoms. The van der Waals surface area contributed by atoms with Gasteiger partial charge in [0.25, 0.3) is 0 Å². The van der Waals surface area contributed by atoms with Crippen molar-refractivity contribution in [1.29, 1.82) is 0 Å². The van der Waals surface area contributed by atoms with Crippen LogP contribution in [0.1, 0.15) is 18.4 Å². The zero-order chi connectivity index (χ0) is 11.5. The van der Waals surface area contributed by atoms with E-state index in [-0.39, 0.29) is 0 Å². The summed E-state index contributed by atoms with van der Waals surface area (Å²) in [4.78, 5) is 0. The second-order valence-corrected chi connectivity index (χ2v) is 4.88. The number of halogens is 1. The molecule has 1 atom stereocenters. The van der Waals surface area contributed by atoms with Crippen LogP contribution in [0.3, 0.4) is 0 Å². The fraction of sp³-hybridized carbons (Fsp3) is 0.538. The van der Waals surface area contributed by atoms with E-state index in [0.717, 1.165) is 11.7 Å². The van der Waals surface area contributed by atoms with Crippen LogP contribution in [0.2, 0.25) is 5.02 Å². The van der Waals surface area contributed by atoms with Gasteiger partial charge < -0.3 is 10.1 Å². The highest BCUT2D eigenvalue weighted by Crippen LogP contribution is 2.33. The van der Waals surface area contributed by atoms with Crippen LogP contribution < -0.4 is 10.1 Å². The van der Waals surface area contributed by atoms with Crippen LogP contribution >= 0.6 is 11.6 Å². The number of hydrogen-bond donors (Lipinski definition) is 1. The van der Waals surface area contributed by atoms with Crippen molar-refractivity contribution in [2.45, 2.75) is 25.8 Å². The van der Waals surface area contributed by atoms with Crippen molar-refractivity contribution in [3.63, 3.8) is 0 Å². The minimum atomic E-state index is 0.455. The van der Waals surface area contributed by atoms with Gasteiger partial charge in [-0.1, -0.05) is 17.7 Å². The second-order valence-electron chi connectivity index (χ2n) is 4.48. The average Bonchev–Trinajstić information content (AvgIpc) is 3.08. The minimum absolute atomic E-state index is 0.455. The van der Waals surface area contributed by atoms with E-state index >= 15 is 0 Å². The van der Waals surface area contributed by atoms with E-state index in [9.17, 15) is 0 Å². The molecular weight excluding hydrogens is 222 g/mol. The molecule has 0 saturated heterocycles. The standard InChI is InChI=1S/C13H18ClNO/c1-9-3-6-11(14)13(7-9)16-8-12(15-2)10-4-5-10/h3,6-7,10,12,15H,4-5,8H2,1-2H3/t12-/m1/s1. The molecule has 1 N–H and O–H groups in total. The van der Waals surface area contributed by atoms with Crippen LogP contribution in [0.25, 0.3) is 0 Å². The minimum Gasteiger partial charge on any atom is -0.490 e. The van der Waals surface area contributed by atoms with Crippen molar-refractivity contribution in [1.82, 2.24) is 5.32 Å². The Morgan fingerprint density at radius 3 is 2.88 bits per heavy atom. The molecule has 1 aliphatic carbocycles. The summed E-state index contributed by atoms with van der Waals surface area (Å²) >= 11 is 6.07. The zero-order valence-electron chi connectivity index (χ0n) is 9.79. The van der Waals surface area contributed by atoms with Gasteiger partial charge in [-0.2, -0.15) is 0 Å². The van der Waals surface area contributed by atoms with Crippen molar-refractivity contribution < 1.29 is 4.74 Å². The third-order valence-electron chi connectivity index (χ3n) is 3.07. The van der Waals surface area contributed by atoms with Gasteiger partial charge in [-0.25, -0.2) is 0 Å². The summed E-state index contributed by atoms with van der Waals surface area (Å²) in [6.07, 6.45) is 2.63. The van der Waals surface area contributed by atoms with Gasteiger partial charge in [0.2, 0.25) is 0 Å². The van der Waals surface area contributed by atoms with Gasteiger partial charge in [-0.05, 0) is 50.4 Å². The quantitative estimate of drug-likeness (QED) is 0.853. The van der Waals surface area contributed by atoms with E-state index in [0.29, 0.717) is 17.7 Å². The summed E-state index contributed by atoms with van der Waals surface area (Å²) < 4.78 is 5.78. The lowest BCUT2D eigenvalue weighted by Gasteiger charge is -2.17. The monoisotopic (exact) mass is 239 g/mol. The number of aryl methyl sites for hydroxylation is 1. The summed E-state index contributed by atoms with van der Waals surface area (Å²) in [5.41, 5.74) is 1.17. The first kappa shape index (κ1) is 11.7. The summed E-state index contributed by atoms with van der Waals surface area (Å²) in [6.45, 7) is 2.74. The van der Waals surface area contributed by atoms with Gasteiger partial charge in [-0.3, -0.25) is 0 Å². The number of likely N-dealkylation sites (N-methyl/N-ethyl adjacent to an activating group) is 1. The van der Waals surface area contributed by atoms with E-state index in [2.05, 4.69) is 5.32 Å². The number of nitrogens with one attached hydrogen (secondary N) is 1. The van der Waals surface area contributed by atoms with E-state index in [4.69, 9.17) is 16.3 Å². The van der Waals surface area contributed by atoms with Crippen LogP contribution in [-0.2, 0) is 0 Å². The van der Waals surface area contributed by atoms with E-state index in [1.165, 1.54) is 18.4 Å². The van der Waals surface area contributed by atoms with Gasteiger partial charge in [0, 0.05) is 6.04 Å². The van der Waals surface area contributed by atoms with Crippen LogP contribution in [0.5, 0.6) is 5.75 Å². The zero-order valence-corrected chi connectivity index (χ0v) is 10.6. The van der Waals surface area contributed by atoms with Crippen molar-refractivity contribution in [3.05, 3.63) is 28.8 Å². The van der Waals surface area contributed by atoms with Crippen LogP contribution in [0, 0.1) is 12.8 Å². The largest absolute Gasteiger partial charge is 0.490 e. The highest BCUT2D eigenvalue weighted by Gasteiger charge is 2.30. The molecule has 1 saturated carbocycles. The maximum Gasteiger partial charge on any atom is 0.138 e. The highest BCUT2D eigenvalue weighted by atomic mass is 35.5. The highest BCUT2D eigenvalue weighted by molar-refractivity contribution is 6.32. The number of ether oxygens (including phenoxy) is 1. The maximum absolute atomic E-state index is 6.07. The molecular formula is C13H18ClNO. The molecule has 0 radical (unpaired) electrons. The van der Waals surface area contributed by atoms with Gasteiger partial charge in [-0.15, -0.1) is 0 Å². The Morgan fingerprint density at radius 2 is 2.25 bits per heavy atom. The van der Waals surface area contributed by atoms with Crippen molar-refractivity contribution in [2.24, 2.45) is 5.92 Å². The molecule has 0 aliphatic heterocycles. The predicted octanol–water partition coefficient (Wildman–Crippen LogP) is 3.03. The first-order valence-corrected chi connectivity index (χ1v) is 6.14. The Bertz CT molecular complexity index is 363. The third-order valence-corrected chi connectivity index (χ3v) is 3.38. The Hall–Kier alpha value is -0.730. The topological polar surface area (TPSA) is 21.3 Å². The molecule has 1 aliphatic rings. The summed E-state index contributed by atoms with van der Waals surface area (Å²) in [5, 5.41) is 3.99. The van der Waals surface area contributed by atoms with Crippen molar-refractivity contribution in [2.75, 3.05) is 13.7 Å². The van der Waals surface area contributed by atoms with Gasteiger partial charge >= 0.3 is 0 Å². The lowest BCUT2D eigenvalue weighted by Crippen LogP contribution is -2.33. The van der Waals surface area contributed by atoms with Crippen LogP contribution in [0.4, 0.5) is 0 Å². The Kier molecular flexibility index (Phi) is 3.72. The van der Waals surface area contributed by atoms with Crippen molar-refractivity contribution in [3.8, 4) is 5.75 Å². The molecule has 88 valence electrons. The second kappa shape index (κ2) is 5.07. The summed E-state index contributed by atoms with van der Waals surface area (Å²) in [5.74, 6) is 1.58. The molecule has 0 amide bonds. The van der Waals surface area contributed by atoms with E-state index in [1.54, 1.807) is 0 Å². The molecule has 0 bridgehead atoms. The Labute approximate surface area is 102 Å². The van der Waals surface area contributed by atoms with Crippen LogP contribution in [0.15, 0.2) is 18.2 Å². The Balaban J connectivity index is 1.95. The predicted molar refractivity (Wildman–Crippen MR) is 67.3 cm³/mol. The molecule has 0 aromatic heterocycles. The molecule has 16 heavy (non-hydrogen) atoms. The van der Waals surface area contributed by atoms with E-state index in [1.807, 2.05) is 32.2 Å². The number of benzene rings is 1. The molecule has 0 unspecified atom stereocenters. The lowest BCUT2D eigenvalue weighted by molar-refractivity contribution is 0.256. The van der Waals surface area contributed by atoms with Gasteiger partial charge in [0.15, 0.2) is 0 Å². The lowest BCUT2D eigenvalue weighted by atomic mass is 10.2. The normalized spacial score (nSPS) is 17.2. The maximum atomic E-state index is 6.07. The van der Waals surface area contributed by atoms with Crippen LogP contribution in [-0.4, -0.2) is 19.7 Å². The first-order chi connectivity index (χ1) is 7.70. The summed E-state index contributed by atoms with van der Waals surface area (Å²) in [6, 6.07) is 6.32. The molecule has 2 rings (SSSR count). The molecule has 2 nitrogen and oxygen atoms in total. The molecule has 3 heteroatoms. The van der Waals surface area contributed by atoms with Crippen molar-refractivity contribution >= 4 is 11.6 Å². The molecule has 1 fully saturated rings. The first-order valence-electron chi connectivity index (χ1n) is 5.77. The average molecular weight is 240 g/mol. The molecule has 1 aromatic carbocycles. The Morgan fingerprint density at radius 1 is 1.50 bits per heavy atom. The van der Waals surface area contributed by atoms with Gasteiger partial charge in [0.05, 0.1) is 5.02 Å². The summed E-state index contributed by atoms with van der Waals surface area (Å²) in [7, 11) is 1.99. The molecule has 1 aromatic rings. The van der Waals surface area contributed by atoms with Gasteiger partial charge in [0.1, 0.15) is 12.4 Å². The fourth-order valence-electron chi connectivity index (χ4n) is 1.85. The number of rotatable bonds is 5. The fourth-order valence-corrected chi connectivity index (χ4v) is 2.03. The molecule has 0 heterocycles.